The lowest BCUT2D eigenvalue weighted by molar-refractivity contribution is -0.385. The molecular weight excluding hydrogens is 386 g/mol. The van der Waals surface area contributed by atoms with Crippen LogP contribution in [0.4, 0.5) is 11.4 Å². The molecule has 0 unspecified atom stereocenters. The minimum absolute atomic E-state index is 0.0422. The fourth-order valence-electron chi connectivity index (χ4n) is 3.13. The van der Waals surface area contributed by atoms with Gasteiger partial charge in [0.1, 0.15) is 10.6 Å². The summed E-state index contributed by atoms with van der Waals surface area (Å²) in [7, 11) is 0. The summed E-state index contributed by atoms with van der Waals surface area (Å²) >= 11 is 1.61. The van der Waals surface area contributed by atoms with Crippen molar-refractivity contribution in [3.05, 3.63) is 87.5 Å². The second-order valence-electron chi connectivity index (χ2n) is 6.75. The number of anilines is 1. The van der Waals surface area contributed by atoms with Crippen molar-refractivity contribution in [3.63, 3.8) is 0 Å². The molecule has 6 nitrogen and oxygen atoms in total. The molecule has 0 spiro atoms. The summed E-state index contributed by atoms with van der Waals surface area (Å²) in [5, 5.41) is 14.9. The maximum Gasteiger partial charge on any atom is 0.285 e. The molecule has 0 saturated carbocycles. The molecule has 4 rings (SSSR count). The standard InChI is InChI=1S/C22H17N3O3S/c1-13-6-11-18-19(12-13)29-22(24-18)15-7-9-16(10-8-15)23-21(26)17-5-3-4-14(2)20(17)25(27)28/h3-12H,1-2H3,(H,23,26). The Kier molecular flexibility index (Phi) is 4.82. The number of nitrogens with zero attached hydrogens (tertiary/aromatic N) is 2. The minimum atomic E-state index is -0.526. The Morgan fingerprint density at radius 3 is 2.55 bits per heavy atom. The molecule has 0 saturated heterocycles. The van der Waals surface area contributed by atoms with E-state index in [0.717, 1.165) is 20.8 Å². The van der Waals surface area contributed by atoms with Gasteiger partial charge < -0.3 is 5.32 Å². The van der Waals surface area contributed by atoms with E-state index in [-0.39, 0.29) is 11.3 Å². The first-order valence-corrected chi connectivity index (χ1v) is 9.77. The molecule has 29 heavy (non-hydrogen) atoms. The summed E-state index contributed by atoms with van der Waals surface area (Å²) in [4.78, 5) is 28.0. The maximum atomic E-state index is 12.6. The summed E-state index contributed by atoms with van der Waals surface area (Å²) in [6, 6.07) is 18.2. The van der Waals surface area contributed by atoms with Crippen LogP contribution in [0.3, 0.4) is 0 Å². The highest BCUT2D eigenvalue weighted by molar-refractivity contribution is 7.21. The second kappa shape index (κ2) is 7.44. The minimum Gasteiger partial charge on any atom is -0.322 e. The van der Waals surface area contributed by atoms with E-state index in [1.54, 1.807) is 42.5 Å². The highest BCUT2D eigenvalue weighted by Crippen LogP contribution is 2.31. The SMILES string of the molecule is Cc1ccc2nc(-c3ccc(NC(=O)c4cccc(C)c4[N+](=O)[O-])cc3)sc2c1. The van der Waals surface area contributed by atoms with Crippen LogP contribution >= 0.6 is 11.3 Å². The quantitative estimate of drug-likeness (QED) is 0.348. The zero-order valence-corrected chi connectivity index (χ0v) is 16.6. The molecule has 0 aliphatic rings. The molecule has 7 heteroatoms. The largest absolute Gasteiger partial charge is 0.322 e. The van der Waals surface area contributed by atoms with Gasteiger partial charge in [0, 0.05) is 16.8 Å². The van der Waals surface area contributed by atoms with Crippen LogP contribution in [0.5, 0.6) is 0 Å². The van der Waals surface area contributed by atoms with E-state index in [0.29, 0.717) is 11.3 Å². The van der Waals surface area contributed by atoms with Crippen molar-refractivity contribution >= 4 is 38.8 Å². The van der Waals surface area contributed by atoms with Crippen molar-refractivity contribution in [2.24, 2.45) is 0 Å². The number of para-hydroxylation sites is 1. The fraction of sp³-hybridized carbons (Fsp3) is 0.0909. The van der Waals surface area contributed by atoms with Gasteiger partial charge in [-0.1, -0.05) is 18.2 Å². The van der Waals surface area contributed by atoms with Crippen LogP contribution in [0.1, 0.15) is 21.5 Å². The number of rotatable bonds is 4. The summed E-state index contributed by atoms with van der Waals surface area (Å²) in [6.45, 7) is 3.66. The van der Waals surface area contributed by atoms with Crippen molar-refractivity contribution in [2.75, 3.05) is 5.32 Å². The first-order valence-electron chi connectivity index (χ1n) is 8.95. The molecule has 1 amide bonds. The van der Waals surface area contributed by atoms with Gasteiger partial charge in [-0.05, 0) is 61.9 Å². The Labute approximate surface area is 171 Å². The molecule has 0 aliphatic heterocycles. The van der Waals surface area contributed by atoms with Gasteiger partial charge in [-0.15, -0.1) is 11.3 Å². The zero-order valence-electron chi connectivity index (χ0n) is 15.8. The van der Waals surface area contributed by atoms with Crippen LogP contribution in [0.25, 0.3) is 20.8 Å². The van der Waals surface area contributed by atoms with Gasteiger partial charge in [-0.25, -0.2) is 4.98 Å². The predicted molar refractivity (Wildman–Crippen MR) is 116 cm³/mol. The normalized spacial score (nSPS) is 10.8. The van der Waals surface area contributed by atoms with Gasteiger partial charge in [-0.3, -0.25) is 14.9 Å². The number of fused-ring (bicyclic) bond motifs is 1. The Bertz CT molecular complexity index is 1250. The van der Waals surface area contributed by atoms with Crippen LogP contribution < -0.4 is 5.32 Å². The average Bonchev–Trinajstić information content (AvgIpc) is 3.11. The van der Waals surface area contributed by atoms with Gasteiger partial charge in [0.15, 0.2) is 0 Å². The average molecular weight is 403 g/mol. The summed E-state index contributed by atoms with van der Waals surface area (Å²) in [5.74, 6) is -0.511. The van der Waals surface area contributed by atoms with E-state index in [4.69, 9.17) is 0 Å². The van der Waals surface area contributed by atoms with Crippen LogP contribution in [0.2, 0.25) is 0 Å². The Hall–Kier alpha value is -3.58. The number of nitro groups is 1. The third kappa shape index (κ3) is 3.72. The number of aryl methyl sites for hydroxylation is 2. The number of nitro benzene ring substituents is 1. The number of hydrogen-bond donors (Lipinski definition) is 1. The smallest absolute Gasteiger partial charge is 0.285 e. The van der Waals surface area contributed by atoms with Gasteiger partial charge in [0.2, 0.25) is 0 Å². The van der Waals surface area contributed by atoms with Crippen molar-refractivity contribution in [1.82, 2.24) is 4.98 Å². The van der Waals surface area contributed by atoms with Gasteiger partial charge in [-0.2, -0.15) is 0 Å². The van der Waals surface area contributed by atoms with E-state index >= 15 is 0 Å². The third-order valence-corrected chi connectivity index (χ3v) is 5.67. The molecule has 3 aromatic carbocycles. The summed E-state index contributed by atoms with van der Waals surface area (Å²) in [5.41, 5.74) is 3.97. The van der Waals surface area contributed by atoms with E-state index in [2.05, 4.69) is 23.3 Å². The van der Waals surface area contributed by atoms with E-state index in [1.807, 2.05) is 24.3 Å². The van der Waals surface area contributed by atoms with Crippen molar-refractivity contribution in [3.8, 4) is 10.6 Å². The molecule has 1 heterocycles. The molecule has 0 radical (unpaired) electrons. The number of carbonyl (C=O) groups excluding carboxylic acids is 1. The number of hydrogen-bond acceptors (Lipinski definition) is 5. The van der Waals surface area contributed by atoms with E-state index in [1.165, 1.54) is 11.6 Å². The highest BCUT2D eigenvalue weighted by atomic mass is 32.1. The van der Waals surface area contributed by atoms with Crippen molar-refractivity contribution in [2.45, 2.75) is 13.8 Å². The monoisotopic (exact) mass is 403 g/mol. The lowest BCUT2D eigenvalue weighted by Gasteiger charge is -2.07. The molecule has 0 aliphatic carbocycles. The highest BCUT2D eigenvalue weighted by Gasteiger charge is 2.22. The van der Waals surface area contributed by atoms with Crippen LogP contribution in [-0.2, 0) is 0 Å². The third-order valence-electron chi connectivity index (χ3n) is 4.60. The summed E-state index contributed by atoms with van der Waals surface area (Å²) < 4.78 is 1.13. The summed E-state index contributed by atoms with van der Waals surface area (Å²) in [6.07, 6.45) is 0. The van der Waals surface area contributed by atoms with Gasteiger partial charge in [0.05, 0.1) is 15.1 Å². The Balaban J connectivity index is 1.58. The topological polar surface area (TPSA) is 85.1 Å². The number of amides is 1. The Morgan fingerprint density at radius 2 is 1.83 bits per heavy atom. The van der Waals surface area contributed by atoms with Crippen LogP contribution in [0, 0.1) is 24.0 Å². The van der Waals surface area contributed by atoms with E-state index < -0.39 is 10.8 Å². The molecule has 4 aromatic rings. The first kappa shape index (κ1) is 18.8. The molecule has 144 valence electrons. The number of aromatic nitrogens is 1. The molecular formula is C22H17N3O3S. The maximum absolute atomic E-state index is 12.6. The van der Waals surface area contributed by atoms with Crippen LogP contribution in [0.15, 0.2) is 60.7 Å². The number of thiazole rings is 1. The van der Waals surface area contributed by atoms with Crippen molar-refractivity contribution < 1.29 is 9.72 Å². The molecule has 0 fully saturated rings. The Morgan fingerprint density at radius 1 is 1.07 bits per heavy atom. The van der Waals surface area contributed by atoms with Crippen LogP contribution in [-0.4, -0.2) is 15.8 Å². The zero-order chi connectivity index (χ0) is 20.5. The van der Waals surface area contributed by atoms with Gasteiger partial charge in [0.25, 0.3) is 11.6 Å². The lowest BCUT2D eigenvalue weighted by Crippen LogP contribution is -2.14. The first-order chi connectivity index (χ1) is 13.9. The van der Waals surface area contributed by atoms with Crippen molar-refractivity contribution in [1.29, 1.82) is 0 Å². The predicted octanol–water partition coefficient (Wildman–Crippen LogP) is 5.74. The molecule has 1 N–H and O–H groups in total. The number of nitrogens with one attached hydrogen (secondary N) is 1. The number of benzene rings is 3. The van der Waals surface area contributed by atoms with E-state index in [9.17, 15) is 14.9 Å². The fourth-order valence-corrected chi connectivity index (χ4v) is 4.20. The molecule has 0 bridgehead atoms. The molecule has 1 aromatic heterocycles. The molecule has 0 atom stereocenters. The number of carbonyl (C=O) groups is 1. The second-order valence-corrected chi connectivity index (χ2v) is 7.78. The lowest BCUT2D eigenvalue weighted by atomic mass is 10.1. The van der Waals surface area contributed by atoms with Gasteiger partial charge >= 0.3 is 0 Å².